The van der Waals surface area contributed by atoms with Crippen LogP contribution in [0.15, 0.2) is 66.7 Å². The average Bonchev–Trinajstić information content (AvgIpc) is 3.16. The number of halogens is 2. The van der Waals surface area contributed by atoms with E-state index in [1.165, 1.54) is 52.1 Å². The van der Waals surface area contributed by atoms with E-state index in [9.17, 15) is 0 Å². The van der Waals surface area contributed by atoms with E-state index in [0.29, 0.717) is 0 Å². The van der Waals surface area contributed by atoms with E-state index in [1.54, 1.807) is 0 Å². The van der Waals surface area contributed by atoms with Gasteiger partial charge < -0.3 is 24.8 Å². The van der Waals surface area contributed by atoms with Crippen LogP contribution < -0.4 is 24.8 Å². The first-order valence-corrected chi connectivity index (χ1v) is 8.70. The molecule has 0 atom stereocenters. The molecule has 0 radical (unpaired) electrons. The van der Waals surface area contributed by atoms with Gasteiger partial charge in [-0.2, -0.15) is 48.0 Å². The summed E-state index contributed by atoms with van der Waals surface area (Å²) in [6, 6.07) is 26.3. The molecule has 0 N–H and O–H groups in total. The Balaban J connectivity index is 0.000000418. The minimum absolute atomic E-state index is 0. The summed E-state index contributed by atoms with van der Waals surface area (Å²) in [5.74, 6) is 0. The molecule has 0 aliphatic heterocycles. The zero-order chi connectivity index (χ0) is 15.1. The van der Waals surface area contributed by atoms with Gasteiger partial charge in [-0.25, -0.2) is 11.6 Å². The largest absolute Gasteiger partial charge is 1.00 e. The monoisotopic (exact) mass is 418 g/mol. The normalized spacial score (nSPS) is 9.52. The molecule has 3 aromatic rings. The predicted octanol–water partition coefficient (Wildman–Crippen LogP) is -1.25. The van der Waals surface area contributed by atoms with Crippen LogP contribution in [0.5, 0.6) is 0 Å². The van der Waals surface area contributed by atoms with Crippen LogP contribution in [-0.2, 0) is 30.7 Å². The summed E-state index contributed by atoms with van der Waals surface area (Å²) in [6.45, 7) is 2.08. The van der Waals surface area contributed by atoms with Crippen molar-refractivity contribution in [1.29, 1.82) is 0 Å². The third-order valence-electron chi connectivity index (χ3n) is 3.45. The average molecular weight is 420 g/mol. The first-order chi connectivity index (χ1) is 10.3. The first-order valence-electron chi connectivity index (χ1n) is 6.96. The number of hydrogen-bond donors (Lipinski definition) is 0. The van der Waals surface area contributed by atoms with Gasteiger partial charge in [0.2, 0.25) is 0 Å². The molecule has 0 saturated carbocycles. The molecule has 0 fully saturated rings. The molecule has 0 heterocycles. The van der Waals surface area contributed by atoms with E-state index in [-0.39, 0.29) is 24.8 Å². The number of rotatable bonds is 0. The third kappa shape index (κ3) is 5.92. The van der Waals surface area contributed by atoms with Gasteiger partial charge in [0, 0.05) is 0 Å². The van der Waals surface area contributed by atoms with Gasteiger partial charge in [0.05, 0.1) is 0 Å². The molecule has 0 spiro atoms. The Morgan fingerprint density at radius 3 is 2.30 bits per heavy atom. The maximum atomic E-state index is 3.34. The third-order valence-corrected chi connectivity index (χ3v) is 3.45. The second kappa shape index (κ2) is 11.6. The number of fused-ring (bicyclic) bond motifs is 3. The molecule has 3 aromatic carbocycles. The molecule has 0 bridgehead atoms. The molecule has 118 valence electrons. The topological polar surface area (TPSA) is 0 Å². The second-order valence-electron chi connectivity index (χ2n) is 4.86. The maximum absolute atomic E-state index is 3.34. The minimum atomic E-state index is 0. The maximum Gasteiger partial charge on any atom is -0.0253 e. The smallest absolute Gasteiger partial charge is 0.0253 e. The Bertz CT molecular complexity index is 647. The van der Waals surface area contributed by atoms with Crippen LogP contribution in [0.4, 0.5) is 0 Å². The minimum Gasteiger partial charge on any atom is -1.00 e. The van der Waals surface area contributed by atoms with Gasteiger partial charge in [-0.05, 0) is 6.42 Å². The van der Waals surface area contributed by atoms with Gasteiger partial charge in [0.1, 0.15) is 0 Å². The predicted molar refractivity (Wildman–Crippen MR) is 87.4 cm³/mol. The zero-order valence-corrected chi connectivity index (χ0v) is 17.0. The summed E-state index contributed by atoms with van der Waals surface area (Å²) in [5.41, 5.74) is 6.85. The molecule has 1 aliphatic rings. The quantitative estimate of drug-likeness (QED) is 0.312. The van der Waals surface area contributed by atoms with Crippen molar-refractivity contribution in [3.05, 3.63) is 89.5 Å². The summed E-state index contributed by atoms with van der Waals surface area (Å²) in [7, 11) is 0. The Morgan fingerprint density at radius 1 is 1.00 bits per heavy atom. The van der Waals surface area contributed by atoms with Gasteiger partial charge in [0.25, 0.3) is 0 Å². The van der Waals surface area contributed by atoms with E-state index in [1.807, 2.05) is 18.2 Å². The standard InChI is InChI=1S/C13H9.C6H7.CH2.2ClH.Zr/c1-3-7-12-10(5-1)9-11-6-2-4-8-13(11)12;1-6-4-2-3-5-6;;;;/h1-5,7-8H,9H2;2-5H,1H3;1H2;2*1H;/q2*-1;;;;+2/p-2. The molecule has 23 heavy (non-hydrogen) atoms. The summed E-state index contributed by atoms with van der Waals surface area (Å²) < 4.78 is 3.34. The van der Waals surface area contributed by atoms with Crippen molar-refractivity contribution in [3.8, 4) is 11.1 Å². The van der Waals surface area contributed by atoms with Crippen molar-refractivity contribution in [3.63, 3.8) is 0 Å². The van der Waals surface area contributed by atoms with Crippen LogP contribution in [0.25, 0.3) is 11.1 Å². The van der Waals surface area contributed by atoms with Crippen molar-refractivity contribution >= 4 is 4.21 Å². The fourth-order valence-electron chi connectivity index (χ4n) is 2.47. The van der Waals surface area contributed by atoms with Gasteiger partial charge in [0.15, 0.2) is 0 Å². The number of hydrogen-bond acceptors (Lipinski definition) is 0. The van der Waals surface area contributed by atoms with Crippen LogP contribution >= 0.6 is 0 Å². The summed E-state index contributed by atoms with van der Waals surface area (Å²) in [4.78, 5) is 0. The van der Waals surface area contributed by atoms with Crippen molar-refractivity contribution < 1.29 is 49.0 Å². The van der Waals surface area contributed by atoms with E-state index < -0.39 is 0 Å². The van der Waals surface area contributed by atoms with E-state index in [4.69, 9.17) is 0 Å². The van der Waals surface area contributed by atoms with E-state index in [0.717, 1.165) is 6.42 Å². The Morgan fingerprint density at radius 2 is 1.70 bits per heavy atom. The van der Waals surface area contributed by atoms with Gasteiger partial charge in [-0.3, -0.25) is 0 Å². The molecule has 0 saturated heterocycles. The summed E-state index contributed by atoms with van der Waals surface area (Å²) in [5, 5.41) is 0. The molecule has 0 nitrogen and oxygen atoms in total. The molecular formula is C20H18Cl2Zr-2. The van der Waals surface area contributed by atoms with Crippen LogP contribution in [0.1, 0.15) is 16.7 Å². The van der Waals surface area contributed by atoms with Crippen LogP contribution in [0.3, 0.4) is 0 Å². The Kier molecular flexibility index (Phi) is 11.2. The fourth-order valence-corrected chi connectivity index (χ4v) is 2.47. The Hall–Kier alpha value is -0.877. The first kappa shape index (κ1) is 22.1. The fraction of sp³-hybridized carbons (Fsp3) is 0.100. The van der Waals surface area contributed by atoms with Crippen molar-refractivity contribution in [2.75, 3.05) is 0 Å². The summed E-state index contributed by atoms with van der Waals surface area (Å²) in [6.07, 6.45) is 1.05. The van der Waals surface area contributed by atoms with E-state index in [2.05, 4.69) is 65.7 Å². The second-order valence-corrected chi connectivity index (χ2v) is 4.86. The number of aryl methyl sites for hydroxylation is 1. The van der Waals surface area contributed by atoms with Gasteiger partial charge >= 0.3 is 28.4 Å². The van der Waals surface area contributed by atoms with Gasteiger partial charge in [-0.15, -0.1) is 5.56 Å². The number of benzene rings is 2. The molecule has 3 heteroatoms. The van der Waals surface area contributed by atoms with Crippen LogP contribution in [0, 0.1) is 13.0 Å². The van der Waals surface area contributed by atoms with Crippen molar-refractivity contribution in [1.82, 2.24) is 0 Å². The zero-order valence-electron chi connectivity index (χ0n) is 13.0. The Labute approximate surface area is 166 Å². The van der Waals surface area contributed by atoms with Crippen LogP contribution in [0.2, 0.25) is 0 Å². The molecule has 0 unspecified atom stereocenters. The molecule has 1 aliphatic carbocycles. The SMILES string of the molecule is Cc1cc[cH-]c1.[CH2]=[Zr+2].[Cl-].[Cl-].[c-]1cccc2c1Cc1ccccc1-2. The summed E-state index contributed by atoms with van der Waals surface area (Å²) >= 11 is 1.30. The molecular weight excluding hydrogens is 402 g/mol. The molecule has 4 rings (SSSR count). The van der Waals surface area contributed by atoms with Gasteiger partial charge in [-0.1, -0.05) is 42.3 Å². The van der Waals surface area contributed by atoms with Crippen molar-refractivity contribution in [2.24, 2.45) is 0 Å². The molecule has 0 aromatic heterocycles. The van der Waals surface area contributed by atoms with Crippen LogP contribution in [-0.4, -0.2) is 4.21 Å². The molecule has 0 amide bonds. The van der Waals surface area contributed by atoms with Crippen molar-refractivity contribution in [2.45, 2.75) is 13.3 Å². The van der Waals surface area contributed by atoms with E-state index >= 15 is 0 Å².